The van der Waals surface area contributed by atoms with E-state index in [1.54, 1.807) is 6.07 Å². The molecule has 0 saturated carbocycles. The van der Waals surface area contributed by atoms with Crippen LogP contribution in [-0.2, 0) is 4.79 Å². The van der Waals surface area contributed by atoms with Gasteiger partial charge in [0.25, 0.3) is 17.3 Å². The normalized spacial score (nSPS) is 10.6. The third kappa shape index (κ3) is 5.18. The summed E-state index contributed by atoms with van der Waals surface area (Å²) in [7, 11) is 1.30. The lowest BCUT2D eigenvalue weighted by Crippen LogP contribution is -2.14. The first-order valence-corrected chi connectivity index (χ1v) is 8.09. The first-order valence-electron chi connectivity index (χ1n) is 7.71. The Hall–Kier alpha value is -4.17. The topological polar surface area (TPSA) is 160 Å². The van der Waals surface area contributed by atoms with Crippen LogP contribution >= 0.6 is 11.6 Å². The molecule has 2 rings (SSSR count). The lowest BCUT2D eigenvalue weighted by Gasteiger charge is -2.09. The Bertz CT molecular complexity index is 1060. The lowest BCUT2D eigenvalue weighted by molar-refractivity contribution is -0.385. The number of nitrogens with zero attached hydrogens (tertiary/aromatic N) is 3. The summed E-state index contributed by atoms with van der Waals surface area (Å²) in [6, 6.07) is 9.07. The summed E-state index contributed by atoms with van der Waals surface area (Å²) in [4.78, 5) is 32.7. The minimum Gasteiger partial charge on any atom is -0.494 e. The zero-order chi connectivity index (χ0) is 21.6. The van der Waals surface area contributed by atoms with Crippen molar-refractivity contribution in [1.82, 2.24) is 0 Å². The maximum absolute atomic E-state index is 12.3. The Labute approximate surface area is 168 Å². The molecule has 2 N–H and O–H groups in total. The first-order chi connectivity index (χ1) is 13.8. The van der Waals surface area contributed by atoms with Crippen LogP contribution in [0.2, 0.25) is 5.02 Å². The Morgan fingerprint density at radius 3 is 2.52 bits per heavy atom. The molecule has 0 fully saturated rings. The molecule has 1 amide bonds. The van der Waals surface area contributed by atoms with Gasteiger partial charge in [0.2, 0.25) is 0 Å². The van der Waals surface area contributed by atoms with E-state index < -0.39 is 21.4 Å². The van der Waals surface area contributed by atoms with Crippen molar-refractivity contribution in [1.29, 1.82) is 5.26 Å². The average molecular weight is 418 g/mol. The van der Waals surface area contributed by atoms with Gasteiger partial charge in [-0.3, -0.25) is 25.0 Å². The summed E-state index contributed by atoms with van der Waals surface area (Å²) >= 11 is 5.71. The Kier molecular flexibility index (Phi) is 6.67. The number of methoxy groups -OCH3 is 1. The highest BCUT2D eigenvalue weighted by molar-refractivity contribution is 6.32. The number of amides is 1. The van der Waals surface area contributed by atoms with Gasteiger partial charge in [-0.1, -0.05) is 11.6 Å². The van der Waals surface area contributed by atoms with Crippen molar-refractivity contribution in [2.75, 3.05) is 17.7 Å². The molecule has 0 spiro atoms. The second-order valence-corrected chi connectivity index (χ2v) is 5.74. The van der Waals surface area contributed by atoms with Gasteiger partial charge >= 0.3 is 0 Å². The zero-order valence-electron chi connectivity index (χ0n) is 14.7. The van der Waals surface area contributed by atoms with E-state index in [1.165, 1.54) is 37.4 Å². The third-order valence-corrected chi connectivity index (χ3v) is 3.85. The molecule has 148 valence electrons. The minimum atomic E-state index is -0.836. The number of carbonyl (C=O) groups excluding carboxylic acids is 1. The average Bonchev–Trinajstić information content (AvgIpc) is 2.69. The fourth-order valence-electron chi connectivity index (χ4n) is 2.14. The monoisotopic (exact) mass is 417 g/mol. The third-order valence-electron chi connectivity index (χ3n) is 3.53. The number of hydrogen-bond donors (Lipinski definition) is 2. The molecule has 2 aromatic carbocycles. The highest BCUT2D eigenvalue weighted by Gasteiger charge is 2.16. The van der Waals surface area contributed by atoms with Gasteiger partial charge in [-0.15, -0.1) is 0 Å². The zero-order valence-corrected chi connectivity index (χ0v) is 15.5. The van der Waals surface area contributed by atoms with Crippen LogP contribution in [0, 0.1) is 31.6 Å². The van der Waals surface area contributed by atoms with Gasteiger partial charge in [-0.2, -0.15) is 5.26 Å². The van der Waals surface area contributed by atoms with Gasteiger partial charge in [0.05, 0.1) is 28.7 Å². The van der Waals surface area contributed by atoms with E-state index in [1.807, 2.05) is 0 Å². The van der Waals surface area contributed by atoms with Gasteiger partial charge in [0.15, 0.2) is 0 Å². The molecule has 12 heteroatoms. The van der Waals surface area contributed by atoms with Crippen molar-refractivity contribution >= 4 is 40.3 Å². The number of ether oxygens (including phenoxy) is 1. The maximum Gasteiger partial charge on any atom is 0.289 e. The van der Waals surface area contributed by atoms with E-state index in [4.69, 9.17) is 16.3 Å². The van der Waals surface area contributed by atoms with Gasteiger partial charge in [-0.05, 0) is 18.2 Å². The SMILES string of the molecule is COc1cc([N+](=O)[O-])ccc1N/C=C(/C#N)C(=O)Nc1ccc(Cl)c([N+](=O)[O-])c1. The Morgan fingerprint density at radius 2 is 1.93 bits per heavy atom. The van der Waals surface area contributed by atoms with Gasteiger partial charge in [-0.25, -0.2) is 0 Å². The van der Waals surface area contributed by atoms with Crippen LogP contribution in [0.4, 0.5) is 22.7 Å². The molecule has 0 aliphatic heterocycles. The number of rotatable bonds is 7. The van der Waals surface area contributed by atoms with E-state index in [-0.39, 0.29) is 33.4 Å². The molecule has 0 saturated heterocycles. The molecule has 0 unspecified atom stereocenters. The smallest absolute Gasteiger partial charge is 0.289 e. The van der Waals surface area contributed by atoms with Crippen LogP contribution < -0.4 is 15.4 Å². The summed E-state index contributed by atoms with van der Waals surface area (Å²) in [6.45, 7) is 0. The second kappa shape index (κ2) is 9.16. The molecule has 0 aromatic heterocycles. The molecule has 0 bridgehead atoms. The van der Waals surface area contributed by atoms with Crippen molar-refractivity contribution in [2.45, 2.75) is 0 Å². The standard InChI is InChI=1S/C17H12ClN5O6/c1-29-16-7-12(22(25)26)3-5-14(16)20-9-10(8-19)17(24)21-11-2-4-13(18)15(6-11)23(27)28/h2-7,9,20H,1H3,(H,21,24)/b10-9-. The van der Waals surface area contributed by atoms with Crippen LogP contribution in [0.3, 0.4) is 0 Å². The molecular weight excluding hydrogens is 406 g/mol. The highest BCUT2D eigenvalue weighted by Crippen LogP contribution is 2.29. The molecule has 2 aromatic rings. The lowest BCUT2D eigenvalue weighted by atomic mass is 10.2. The van der Waals surface area contributed by atoms with Crippen molar-refractivity contribution in [3.63, 3.8) is 0 Å². The minimum absolute atomic E-state index is 0.0696. The molecule has 0 aliphatic rings. The highest BCUT2D eigenvalue weighted by atomic mass is 35.5. The van der Waals surface area contributed by atoms with Crippen LogP contribution in [0.15, 0.2) is 48.2 Å². The van der Waals surface area contributed by atoms with Gasteiger partial charge in [0.1, 0.15) is 22.4 Å². The van der Waals surface area contributed by atoms with E-state index in [9.17, 15) is 30.3 Å². The van der Waals surface area contributed by atoms with E-state index >= 15 is 0 Å². The summed E-state index contributed by atoms with van der Waals surface area (Å²) in [5, 5.41) is 35.9. The number of nitro groups is 2. The second-order valence-electron chi connectivity index (χ2n) is 5.33. The van der Waals surface area contributed by atoms with Crippen molar-refractivity contribution in [3.05, 3.63) is 73.4 Å². The molecular formula is C17H12ClN5O6. The molecule has 0 heterocycles. The van der Waals surface area contributed by atoms with Crippen LogP contribution in [0.1, 0.15) is 0 Å². The van der Waals surface area contributed by atoms with Crippen LogP contribution in [-0.4, -0.2) is 22.9 Å². The number of non-ortho nitro benzene ring substituents is 1. The van der Waals surface area contributed by atoms with E-state index in [0.717, 1.165) is 12.3 Å². The predicted octanol–water partition coefficient (Wildman–Crippen LogP) is 3.62. The molecule has 29 heavy (non-hydrogen) atoms. The largest absolute Gasteiger partial charge is 0.494 e. The van der Waals surface area contributed by atoms with Gasteiger partial charge < -0.3 is 15.4 Å². The molecule has 11 nitrogen and oxygen atoms in total. The summed E-state index contributed by atoms with van der Waals surface area (Å²) in [5.41, 5.74) is -0.608. The van der Waals surface area contributed by atoms with E-state index in [0.29, 0.717) is 0 Å². The van der Waals surface area contributed by atoms with Crippen LogP contribution in [0.5, 0.6) is 5.75 Å². The Morgan fingerprint density at radius 1 is 1.21 bits per heavy atom. The molecule has 0 radical (unpaired) electrons. The van der Waals surface area contributed by atoms with Crippen molar-refractivity contribution in [3.8, 4) is 11.8 Å². The van der Waals surface area contributed by atoms with E-state index in [2.05, 4.69) is 10.6 Å². The quantitative estimate of drug-likeness (QED) is 0.299. The number of anilines is 2. The number of hydrogen-bond acceptors (Lipinski definition) is 8. The summed E-state index contributed by atoms with van der Waals surface area (Å²) in [5.74, 6) is -0.709. The van der Waals surface area contributed by atoms with Gasteiger partial charge in [0, 0.05) is 24.0 Å². The number of benzene rings is 2. The predicted molar refractivity (Wildman–Crippen MR) is 104 cm³/mol. The fourth-order valence-corrected chi connectivity index (χ4v) is 2.33. The summed E-state index contributed by atoms with van der Waals surface area (Å²) < 4.78 is 5.05. The maximum atomic E-state index is 12.3. The number of nitro benzene ring substituents is 2. The number of halogens is 1. The molecule has 0 atom stereocenters. The van der Waals surface area contributed by atoms with Crippen molar-refractivity contribution < 1.29 is 19.4 Å². The fraction of sp³-hybridized carbons (Fsp3) is 0.0588. The molecule has 0 aliphatic carbocycles. The number of nitrogens with one attached hydrogen (secondary N) is 2. The van der Waals surface area contributed by atoms with Crippen LogP contribution in [0.25, 0.3) is 0 Å². The Balaban J connectivity index is 2.21. The number of nitriles is 1. The summed E-state index contributed by atoms with van der Waals surface area (Å²) in [6.07, 6.45) is 1.07. The first kappa shape index (κ1) is 21.1. The number of carbonyl (C=O) groups is 1. The van der Waals surface area contributed by atoms with Crippen molar-refractivity contribution in [2.24, 2.45) is 0 Å².